The largest absolute Gasteiger partial charge is 0.481 e. The highest BCUT2D eigenvalue weighted by molar-refractivity contribution is 5.80. The molecule has 0 bridgehead atoms. The number of benzene rings is 1. The monoisotopic (exact) mass is 332 g/mol. The summed E-state index contributed by atoms with van der Waals surface area (Å²) < 4.78 is 0. The fourth-order valence-electron chi connectivity index (χ4n) is 3.85. The van der Waals surface area contributed by atoms with E-state index in [2.05, 4.69) is 5.32 Å². The first-order chi connectivity index (χ1) is 11.6. The van der Waals surface area contributed by atoms with Crippen LogP contribution in [0.25, 0.3) is 0 Å². The van der Waals surface area contributed by atoms with Crippen LogP contribution in [0, 0.1) is 5.92 Å². The standard InChI is InChI=1S/C18H24N2O4/c21-10-7-12-5-8-20(9-6-12)18(24)19-16-11-15(17(22)23)13-3-1-2-4-14(13)16/h1-4,12,15-16,21H,5-11H2,(H,19,24)(H,22,23). The number of rotatable bonds is 4. The number of aliphatic hydroxyl groups is 1. The third-order valence-corrected chi connectivity index (χ3v) is 5.25. The van der Waals surface area contributed by atoms with Gasteiger partial charge < -0.3 is 20.4 Å². The van der Waals surface area contributed by atoms with Gasteiger partial charge in [0.25, 0.3) is 0 Å². The van der Waals surface area contributed by atoms with Crippen LogP contribution in [0.3, 0.4) is 0 Å². The second kappa shape index (κ2) is 7.21. The van der Waals surface area contributed by atoms with Gasteiger partial charge >= 0.3 is 12.0 Å². The molecule has 2 atom stereocenters. The first-order valence-corrected chi connectivity index (χ1v) is 8.58. The fourth-order valence-corrected chi connectivity index (χ4v) is 3.85. The molecule has 0 spiro atoms. The van der Waals surface area contributed by atoms with Crippen molar-refractivity contribution in [2.75, 3.05) is 19.7 Å². The molecule has 2 aliphatic rings. The maximum absolute atomic E-state index is 12.5. The molecule has 1 aliphatic carbocycles. The molecule has 2 unspecified atom stereocenters. The number of piperidine rings is 1. The zero-order valence-corrected chi connectivity index (χ0v) is 13.6. The number of carboxylic acid groups (broad SMARTS) is 1. The molecular formula is C18H24N2O4. The molecule has 1 aromatic rings. The minimum absolute atomic E-state index is 0.122. The highest BCUT2D eigenvalue weighted by Crippen LogP contribution is 2.40. The number of nitrogens with zero attached hydrogens (tertiary/aromatic N) is 1. The van der Waals surface area contributed by atoms with Crippen molar-refractivity contribution < 1.29 is 19.8 Å². The lowest BCUT2D eigenvalue weighted by molar-refractivity contribution is -0.138. The Morgan fingerprint density at radius 1 is 1.17 bits per heavy atom. The summed E-state index contributed by atoms with van der Waals surface area (Å²) in [6.45, 7) is 1.58. The number of hydrogen-bond acceptors (Lipinski definition) is 3. The van der Waals surface area contributed by atoms with E-state index < -0.39 is 11.9 Å². The molecule has 6 heteroatoms. The molecule has 6 nitrogen and oxygen atoms in total. The Kier molecular flexibility index (Phi) is 5.04. The van der Waals surface area contributed by atoms with E-state index in [4.69, 9.17) is 5.11 Å². The van der Waals surface area contributed by atoms with Crippen LogP contribution in [0.1, 0.15) is 48.8 Å². The minimum Gasteiger partial charge on any atom is -0.481 e. The van der Waals surface area contributed by atoms with Crippen LogP contribution in [0.15, 0.2) is 24.3 Å². The van der Waals surface area contributed by atoms with Crippen LogP contribution >= 0.6 is 0 Å². The van der Waals surface area contributed by atoms with Gasteiger partial charge in [0.15, 0.2) is 0 Å². The molecule has 0 saturated carbocycles. The SMILES string of the molecule is O=C(O)C1CC(NC(=O)N2CCC(CCO)CC2)c2ccccc21. The highest BCUT2D eigenvalue weighted by Gasteiger charge is 2.36. The third kappa shape index (κ3) is 3.38. The van der Waals surface area contributed by atoms with E-state index in [1.54, 1.807) is 4.90 Å². The van der Waals surface area contributed by atoms with Gasteiger partial charge in [-0.15, -0.1) is 0 Å². The normalized spacial score (nSPS) is 23.8. The third-order valence-electron chi connectivity index (χ3n) is 5.25. The average molecular weight is 332 g/mol. The van der Waals surface area contributed by atoms with Crippen LogP contribution in [0.2, 0.25) is 0 Å². The zero-order valence-electron chi connectivity index (χ0n) is 13.6. The topological polar surface area (TPSA) is 89.9 Å². The molecule has 24 heavy (non-hydrogen) atoms. The van der Waals surface area contributed by atoms with Gasteiger partial charge in [0.1, 0.15) is 0 Å². The molecule has 3 rings (SSSR count). The Balaban J connectivity index is 1.62. The Morgan fingerprint density at radius 3 is 2.46 bits per heavy atom. The number of aliphatic hydroxyl groups excluding tert-OH is 1. The van der Waals surface area contributed by atoms with Gasteiger partial charge in [-0.25, -0.2) is 4.79 Å². The second-order valence-corrected chi connectivity index (χ2v) is 6.70. The molecule has 130 valence electrons. The number of carboxylic acids is 1. The predicted molar refractivity (Wildman–Crippen MR) is 88.7 cm³/mol. The van der Waals surface area contributed by atoms with Crippen molar-refractivity contribution in [3.8, 4) is 0 Å². The van der Waals surface area contributed by atoms with Gasteiger partial charge in [-0.2, -0.15) is 0 Å². The van der Waals surface area contributed by atoms with Crippen molar-refractivity contribution in [2.24, 2.45) is 5.92 Å². The van der Waals surface area contributed by atoms with Crippen molar-refractivity contribution in [3.63, 3.8) is 0 Å². The van der Waals surface area contributed by atoms with Gasteiger partial charge in [0, 0.05) is 19.7 Å². The van der Waals surface area contributed by atoms with Crippen LogP contribution in [0.5, 0.6) is 0 Å². The van der Waals surface area contributed by atoms with Gasteiger partial charge in [-0.1, -0.05) is 24.3 Å². The first kappa shape index (κ1) is 16.8. The van der Waals surface area contributed by atoms with Gasteiger partial charge in [-0.05, 0) is 42.7 Å². The molecule has 1 heterocycles. The summed E-state index contributed by atoms with van der Waals surface area (Å²) >= 11 is 0. The summed E-state index contributed by atoms with van der Waals surface area (Å²) in [5.41, 5.74) is 1.71. The van der Waals surface area contributed by atoms with Crippen molar-refractivity contribution in [1.29, 1.82) is 0 Å². The van der Waals surface area contributed by atoms with E-state index in [1.807, 2.05) is 24.3 Å². The molecule has 2 amide bonds. The van der Waals surface area contributed by atoms with Crippen LogP contribution < -0.4 is 5.32 Å². The zero-order chi connectivity index (χ0) is 17.1. The van der Waals surface area contributed by atoms with Crippen molar-refractivity contribution >= 4 is 12.0 Å². The van der Waals surface area contributed by atoms with Crippen LogP contribution in [0.4, 0.5) is 4.79 Å². The fraction of sp³-hybridized carbons (Fsp3) is 0.556. The summed E-state index contributed by atoms with van der Waals surface area (Å²) in [7, 11) is 0. The maximum Gasteiger partial charge on any atom is 0.317 e. The lowest BCUT2D eigenvalue weighted by atomic mass is 9.94. The van der Waals surface area contributed by atoms with E-state index in [9.17, 15) is 14.7 Å². The number of urea groups is 1. The number of carbonyl (C=O) groups is 2. The maximum atomic E-state index is 12.5. The van der Waals surface area contributed by atoms with E-state index in [-0.39, 0.29) is 18.7 Å². The summed E-state index contributed by atoms with van der Waals surface area (Å²) in [5.74, 6) is -0.909. The molecular weight excluding hydrogens is 308 g/mol. The number of likely N-dealkylation sites (tertiary alicyclic amines) is 1. The molecule has 1 fully saturated rings. The molecule has 3 N–H and O–H groups in total. The first-order valence-electron chi connectivity index (χ1n) is 8.58. The molecule has 0 radical (unpaired) electrons. The highest BCUT2D eigenvalue weighted by atomic mass is 16.4. The Bertz CT molecular complexity index is 611. The molecule has 1 aliphatic heterocycles. The van der Waals surface area contributed by atoms with Crippen molar-refractivity contribution in [3.05, 3.63) is 35.4 Å². The van der Waals surface area contributed by atoms with Crippen LogP contribution in [-0.2, 0) is 4.79 Å². The van der Waals surface area contributed by atoms with Gasteiger partial charge in [0.2, 0.25) is 0 Å². The van der Waals surface area contributed by atoms with Gasteiger partial charge in [-0.3, -0.25) is 4.79 Å². The summed E-state index contributed by atoms with van der Waals surface area (Å²) in [4.78, 5) is 25.8. The number of hydrogen-bond donors (Lipinski definition) is 3. The molecule has 1 aromatic carbocycles. The number of carbonyl (C=O) groups excluding carboxylic acids is 1. The molecule has 1 saturated heterocycles. The number of fused-ring (bicyclic) bond motifs is 1. The smallest absolute Gasteiger partial charge is 0.317 e. The molecule has 0 aromatic heterocycles. The Hall–Kier alpha value is -2.08. The second-order valence-electron chi connectivity index (χ2n) is 6.70. The van der Waals surface area contributed by atoms with E-state index in [0.717, 1.165) is 30.4 Å². The van der Waals surface area contributed by atoms with E-state index >= 15 is 0 Å². The summed E-state index contributed by atoms with van der Waals surface area (Å²) in [6, 6.07) is 7.08. The minimum atomic E-state index is -0.844. The average Bonchev–Trinajstić information content (AvgIpc) is 2.95. The van der Waals surface area contributed by atoms with Crippen LogP contribution in [-0.4, -0.2) is 46.8 Å². The summed E-state index contributed by atoms with van der Waals surface area (Å²) in [6.07, 6.45) is 3.02. The van der Waals surface area contributed by atoms with Crippen molar-refractivity contribution in [2.45, 2.75) is 37.6 Å². The lowest BCUT2D eigenvalue weighted by Crippen LogP contribution is -2.45. The Morgan fingerprint density at radius 2 is 1.83 bits per heavy atom. The van der Waals surface area contributed by atoms with Crippen molar-refractivity contribution in [1.82, 2.24) is 10.2 Å². The van der Waals surface area contributed by atoms with Gasteiger partial charge in [0.05, 0.1) is 12.0 Å². The summed E-state index contributed by atoms with van der Waals surface area (Å²) in [5, 5.41) is 21.4. The predicted octanol–water partition coefficient (Wildman–Crippen LogP) is 2.10. The number of amides is 2. The number of aliphatic carboxylic acids is 1. The number of nitrogens with one attached hydrogen (secondary N) is 1. The Labute approximate surface area is 141 Å². The van der Waals surface area contributed by atoms with E-state index in [1.165, 1.54) is 0 Å². The van der Waals surface area contributed by atoms with E-state index in [0.29, 0.717) is 25.4 Å². The lowest BCUT2D eigenvalue weighted by Gasteiger charge is -2.32. The quantitative estimate of drug-likeness (QED) is 0.788.